The highest BCUT2D eigenvalue weighted by Crippen LogP contribution is 2.31. The second-order valence-corrected chi connectivity index (χ2v) is 11.9. The van der Waals surface area contributed by atoms with Crippen molar-refractivity contribution >= 4 is 27.6 Å². The molecule has 1 heterocycles. The SMILES string of the molecule is COCCC(C)CN(Cc1cccc(CCNCC(O)c2ccc(O)c3[nH]c(=O)sc23)c1)C(=O)OC(C)(C)C. The third-order valence-electron chi connectivity index (χ3n) is 6.24. The number of aliphatic hydroxyl groups excluding tert-OH is 1. The molecule has 214 valence electrons. The summed E-state index contributed by atoms with van der Waals surface area (Å²) in [4.78, 5) is 28.8. The summed E-state index contributed by atoms with van der Waals surface area (Å²) in [5.41, 5.74) is 2.51. The van der Waals surface area contributed by atoms with Crippen molar-refractivity contribution in [3.05, 3.63) is 62.8 Å². The van der Waals surface area contributed by atoms with Crippen molar-refractivity contribution in [3.63, 3.8) is 0 Å². The number of aromatic nitrogens is 1. The molecule has 1 amide bonds. The molecule has 3 rings (SSSR count). The van der Waals surface area contributed by atoms with Crippen LogP contribution in [-0.2, 0) is 22.4 Å². The van der Waals surface area contributed by atoms with Gasteiger partial charge in [-0.2, -0.15) is 0 Å². The Balaban J connectivity index is 1.58. The van der Waals surface area contributed by atoms with Crippen LogP contribution in [0.1, 0.15) is 56.9 Å². The average molecular weight is 560 g/mol. The normalized spacial score (nSPS) is 13.4. The third-order valence-corrected chi connectivity index (χ3v) is 7.17. The van der Waals surface area contributed by atoms with Gasteiger partial charge in [-0.3, -0.25) is 4.79 Å². The van der Waals surface area contributed by atoms with Gasteiger partial charge in [-0.15, -0.1) is 0 Å². The lowest BCUT2D eigenvalue weighted by atomic mass is 10.1. The molecule has 0 saturated heterocycles. The molecule has 2 atom stereocenters. The average Bonchev–Trinajstić information content (AvgIpc) is 3.26. The van der Waals surface area contributed by atoms with E-state index in [-0.39, 0.29) is 22.6 Å². The molecule has 0 spiro atoms. The standard InChI is InChI=1S/C29H41N3O6S/c1-19(12-14-37-5)17-32(28(36)38-29(2,3)4)18-21-8-6-7-20(15-21)11-13-30-16-24(34)22-9-10-23(33)25-26(22)39-27(35)31-25/h6-10,15,19,24,30,33-34H,11-14,16-18H2,1-5H3,(H,31,35). The third kappa shape index (κ3) is 9.35. The van der Waals surface area contributed by atoms with Gasteiger partial charge in [0.2, 0.25) is 0 Å². The summed E-state index contributed by atoms with van der Waals surface area (Å²) in [6, 6.07) is 11.3. The molecule has 0 aliphatic rings. The van der Waals surface area contributed by atoms with Gasteiger partial charge in [0.1, 0.15) is 16.9 Å². The highest BCUT2D eigenvalue weighted by Gasteiger charge is 2.24. The maximum atomic E-state index is 13.0. The zero-order valence-electron chi connectivity index (χ0n) is 23.5. The van der Waals surface area contributed by atoms with Gasteiger partial charge in [0, 0.05) is 38.9 Å². The molecular weight excluding hydrogens is 518 g/mol. The van der Waals surface area contributed by atoms with E-state index < -0.39 is 11.7 Å². The van der Waals surface area contributed by atoms with Crippen LogP contribution in [0.2, 0.25) is 0 Å². The number of aromatic amines is 1. The van der Waals surface area contributed by atoms with Crippen LogP contribution >= 0.6 is 11.3 Å². The molecular formula is C29H41N3O6S. The van der Waals surface area contributed by atoms with E-state index >= 15 is 0 Å². The Morgan fingerprint density at radius 3 is 2.67 bits per heavy atom. The van der Waals surface area contributed by atoms with Crippen LogP contribution in [0.5, 0.6) is 5.75 Å². The van der Waals surface area contributed by atoms with Gasteiger partial charge in [-0.1, -0.05) is 48.6 Å². The van der Waals surface area contributed by atoms with Gasteiger partial charge in [0.15, 0.2) is 0 Å². The molecule has 0 aliphatic heterocycles. The first-order valence-corrected chi connectivity index (χ1v) is 14.1. The summed E-state index contributed by atoms with van der Waals surface area (Å²) < 4.78 is 11.4. The largest absolute Gasteiger partial charge is 0.506 e. The number of aliphatic hydroxyl groups is 1. The minimum absolute atomic E-state index is 0.0122. The topological polar surface area (TPSA) is 124 Å². The zero-order valence-corrected chi connectivity index (χ0v) is 24.3. The van der Waals surface area contributed by atoms with Gasteiger partial charge in [0.25, 0.3) is 0 Å². The predicted molar refractivity (Wildman–Crippen MR) is 154 cm³/mol. The number of methoxy groups -OCH3 is 1. The quantitative estimate of drug-likeness (QED) is 0.226. The summed E-state index contributed by atoms with van der Waals surface area (Å²) in [6.45, 7) is 10.3. The number of phenolic OH excluding ortho intramolecular Hbond substituents is 1. The number of hydrogen-bond acceptors (Lipinski definition) is 8. The van der Waals surface area contributed by atoms with E-state index in [0.717, 1.165) is 35.3 Å². The molecule has 39 heavy (non-hydrogen) atoms. The molecule has 1 aromatic heterocycles. The van der Waals surface area contributed by atoms with Crippen LogP contribution < -0.4 is 10.2 Å². The van der Waals surface area contributed by atoms with Crippen LogP contribution in [-0.4, -0.2) is 65.1 Å². The fraction of sp³-hybridized carbons (Fsp3) is 0.517. The summed E-state index contributed by atoms with van der Waals surface area (Å²) in [5, 5.41) is 24.0. The second kappa shape index (κ2) is 13.9. The number of aromatic hydroxyl groups is 1. The number of rotatable bonds is 13. The Bertz CT molecular complexity index is 1280. The predicted octanol–water partition coefficient (Wildman–Crippen LogP) is 4.57. The number of thiazole rings is 1. The van der Waals surface area contributed by atoms with Gasteiger partial charge in [-0.25, -0.2) is 4.79 Å². The Kier molecular flexibility index (Phi) is 10.9. The molecule has 10 heteroatoms. The maximum absolute atomic E-state index is 13.0. The second-order valence-electron chi connectivity index (χ2n) is 10.9. The Hall–Kier alpha value is -2.92. The first kappa shape index (κ1) is 30.6. The van der Waals surface area contributed by atoms with E-state index in [4.69, 9.17) is 9.47 Å². The Morgan fingerprint density at radius 2 is 1.95 bits per heavy atom. The van der Waals surface area contributed by atoms with Crippen LogP contribution in [0.15, 0.2) is 41.2 Å². The van der Waals surface area contributed by atoms with E-state index in [1.54, 1.807) is 18.1 Å². The van der Waals surface area contributed by atoms with Crippen molar-refractivity contribution in [2.24, 2.45) is 5.92 Å². The van der Waals surface area contributed by atoms with E-state index in [9.17, 15) is 19.8 Å². The van der Waals surface area contributed by atoms with E-state index in [0.29, 0.717) is 48.6 Å². The molecule has 2 unspecified atom stereocenters. The highest BCUT2D eigenvalue weighted by atomic mass is 32.1. The molecule has 3 aromatic rings. The number of hydrogen-bond donors (Lipinski definition) is 4. The van der Waals surface area contributed by atoms with Crippen LogP contribution in [0.3, 0.4) is 0 Å². The number of carbonyl (C=O) groups is 1. The Morgan fingerprint density at radius 1 is 1.21 bits per heavy atom. The van der Waals surface area contributed by atoms with Gasteiger partial charge in [-0.05, 0) is 63.3 Å². The fourth-order valence-corrected chi connectivity index (χ4v) is 5.22. The zero-order chi connectivity index (χ0) is 28.6. The molecule has 0 aliphatic carbocycles. The summed E-state index contributed by atoms with van der Waals surface area (Å²) >= 11 is 0.974. The number of nitrogens with zero attached hydrogens (tertiary/aromatic N) is 1. The maximum Gasteiger partial charge on any atom is 0.410 e. The molecule has 2 aromatic carbocycles. The number of H-pyrrole nitrogens is 1. The molecule has 9 nitrogen and oxygen atoms in total. The van der Waals surface area contributed by atoms with Gasteiger partial charge >= 0.3 is 11.0 Å². The minimum Gasteiger partial charge on any atom is -0.506 e. The van der Waals surface area contributed by atoms with Crippen LogP contribution in [0.4, 0.5) is 4.79 Å². The van der Waals surface area contributed by atoms with Crippen LogP contribution in [0.25, 0.3) is 10.2 Å². The van der Waals surface area contributed by atoms with Crippen LogP contribution in [0, 0.1) is 5.92 Å². The van der Waals surface area contributed by atoms with Crippen molar-refractivity contribution < 1.29 is 24.5 Å². The van der Waals surface area contributed by atoms with Crippen molar-refractivity contribution in [2.75, 3.05) is 33.4 Å². The summed E-state index contributed by atoms with van der Waals surface area (Å²) in [6.07, 6.45) is 0.433. The number of benzene rings is 2. The molecule has 0 bridgehead atoms. The Labute approximate surface area is 233 Å². The summed E-state index contributed by atoms with van der Waals surface area (Å²) in [5.74, 6) is 0.250. The first-order valence-electron chi connectivity index (χ1n) is 13.2. The number of nitrogens with one attached hydrogen (secondary N) is 2. The van der Waals surface area contributed by atoms with E-state index in [1.165, 1.54) is 6.07 Å². The van der Waals surface area contributed by atoms with E-state index in [1.807, 2.05) is 39.0 Å². The van der Waals surface area contributed by atoms with Gasteiger partial charge < -0.3 is 34.9 Å². The number of fused-ring (bicyclic) bond motifs is 1. The number of ether oxygens (including phenoxy) is 2. The lowest BCUT2D eigenvalue weighted by Crippen LogP contribution is -2.39. The molecule has 0 fully saturated rings. The number of phenols is 1. The summed E-state index contributed by atoms with van der Waals surface area (Å²) in [7, 11) is 1.68. The van der Waals surface area contributed by atoms with Gasteiger partial charge in [0.05, 0.1) is 10.8 Å². The fourth-order valence-electron chi connectivity index (χ4n) is 4.30. The highest BCUT2D eigenvalue weighted by molar-refractivity contribution is 7.16. The molecule has 4 N–H and O–H groups in total. The van der Waals surface area contributed by atoms with Crippen molar-refractivity contribution in [1.82, 2.24) is 15.2 Å². The molecule has 0 saturated carbocycles. The van der Waals surface area contributed by atoms with Crippen molar-refractivity contribution in [1.29, 1.82) is 0 Å². The lowest BCUT2D eigenvalue weighted by Gasteiger charge is -2.29. The van der Waals surface area contributed by atoms with Crippen molar-refractivity contribution in [2.45, 2.75) is 58.8 Å². The monoisotopic (exact) mass is 559 g/mol. The smallest absolute Gasteiger partial charge is 0.410 e. The first-order chi connectivity index (χ1) is 18.5. The van der Waals surface area contributed by atoms with E-state index in [2.05, 4.69) is 23.3 Å². The lowest BCUT2D eigenvalue weighted by molar-refractivity contribution is 0.0197. The van der Waals surface area contributed by atoms with Crippen molar-refractivity contribution in [3.8, 4) is 5.75 Å². The number of carbonyl (C=O) groups excluding carboxylic acids is 1. The molecule has 0 radical (unpaired) electrons. The number of amides is 1. The minimum atomic E-state index is -0.826.